The minimum atomic E-state index is 0.166. The van der Waals surface area contributed by atoms with Gasteiger partial charge in [0.2, 0.25) is 0 Å². The van der Waals surface area contributed by atoms with E-state index in [-0.39, 0.29) is 12.5 Å². The molecule has 0 radical (unpaired) electrons. The zero-order valence-corrected chi connectivity index (χ0v) is 5.66. The summed E-state index contributed by atoms with van der Waals surface area (Å²) < 4.78 is 0. The van der Waals surface area contributed by atoms with Crippen molar-refractivity contribution in [1.29, 1.82) is 0 Å². The second-order valence-corrected chi connectivity index (χ2v) is 2.36. The van der Waals surface area contributed by atoms with Crippen LogP contribution in [-0.4, -0.2) is 18.0 Å². The molecule has 0 heterocycles. The van der Waals surface area contributed by atoms with Crippen molar-refractivity contribution in [3.8, 4) is 0 Å². The van der Waals surface area contributed by atoms with Gasteiger partial charge in [-0.3, -0.25) is 4.79 Å². The lowest BCUT2D eigenvalue weighted by molar-refractivity contribution is -0.104. The van der Waals surface area contributed by atoms with Crippen molar-refractivity contribution >= 4 is 6.29 Å². The quantitative estimate of drug-likeness (QED) is 0.570. The van der Waals surface area contributed by atoms with E-state index in [0.29, 0.717) is 5.57 Å². The standard InChI is InChI=1S/C8H10O2/c9-5-7-1-2-8(6-10)4-3-7/h1-3,5,8,10H,4,6H2. The molecular formula is C8H10O2. The van der Waals surface area contributed by atoms with Crippen LogP contribution in [0.2, 0.25) is 0 Å². The van der Waals surface area contributed by atoms with Gasteiger partial charge in [0.05, 0.1) is 0 Å². The molecule has 0 amide bonds. The van der Waals surface area contributed by atoms with Crippen LogP contribution in [0.3, 0.4) is 0 Å². The van der Waals surface area contributed by atoms with E-state index in [1.807, 2.05) is 12.2 Å². The van der Waals surface area contributed by atoms with Gasteiger partial charge in [0.1, 0.15) is 6.29 Å². The van der Waals surface area contributed by atoms with Crippen LogP contribution in [0.25, 0.3) is 0 Å². The number of carbonyl (C=O) groups is 1. The molecule has 54 valence electrons. The molecule has 1 aliphatic rings. The van der Waals surface area contributed by atoms with Gasteiger partial charge >= 0.3 is 0 Å². The molecule has 1 aliphatic carbocycles. The molecule has 2 heteroatoms. The fourth-order valence-corrected chi connectivity index (χ4v) is 0.904. The normalized spacial score (nSPS) is 24.1. The highest BCUT2D eigenvalue weighted by Gasteiger charge is 2.05. The Morgan fingerprint density at radius 1 is 1.80 bits per heavy atom. The molecule has 0 saturated carbocycles. The van der Waals surface area contributed by atoms with E-state index in [1.54, 1.807) is 6.08 Å². The van der Waals surface area contributed by atoms with Crippen LogP contribution in [0, 0.1) is 5.92 Å². The monoisotopic (exact) mass is 138 g/mol. The van der Waals surface area contributed by atoms with Crippen molar-refractivity contribution in [3.05, 3.63) is 23.8 Å². The van der Waals surface area contributed by atoms with E-state index >= 15 is 0 Å². The molecule has 0 bridgehead atoms. The van der Waals surface area contributed by atoms with Crippen molar-refractivity contribution in [2.75, 3.05) is 6.61 Å². The third-order valence-electron chi connectivity index (χ3n) is 1.59. The van der Waals surface area contributed by atoms with Crippen LogP contribution in [0.15, 0.2) is 23.8 Å². The van der Waals surface area contributed by atoms with Crippen molar-refractivity contribution in [3.63, 3.8) is 0 Å². The number of carbonyl (C=O) groups excluding carboxylic acids is 1. The van der Waals surface area contributed by atoms with Crippen molar-refractivity contribution in [1.82, 2.24) is 0 Å². The number of rotatable bonds is 2. The van der Waals surface area contributed by atoms with Gasteiger partial charge in [0.25, 0.3) is 0 Å². The minimum Gasteiger partial charge on any atom is -0.396 e. The van der Waals surface area contributed by atoms with E-state index < -0.39 is 0 Å². The third kappa shape index (κ3) is 1.54. The Hall–Kier alpha value is -0.890. The first-order chi connectivity index (χ1) is 4.86. The highest BCUT2D eigenvalue weighted by atomic mass is 16.3. The van der Waals surface area contributed by atoms with Crippen molar-refractivity contribution in [2.24, 2.45) is 5.92 Å². The first kappa shape index (κ1) is 7.22. The molecule has 10 heavy (non-hydrogen) atoms. The zero-order valence-electron chi connectivity index (χ0n) is 5.66. The number of aliphatic hydroxyl groups is 1. The Bertz CT molecular complexity index is 180. The van der Waals surface area contributed by atoms with Crippen LogP contribution in [-0.2, 0) is 4.79 Å². The summed E-state index contributed by atoms with van der Waals surface area (Å²) in [6, 6.07) is 0. The Morgan fingerprint density at radius 3 is 3.00 bits per heavy atom. The predicted octanol–water partition coefficient (Wildman–Crippen LogP) is 0.680. The molecular weight excluding hydrogens is 128 g/mol. The Labute approximate surface area is 59.9 Å². The van der Waals surface area contributed by atoms with E-state index in [0.717, 1.165) is 12.7 Å². The van der Waals surface area contributed by atoms with Gasteiger partial charge in [-0.1, -0.05) is 18.2 Å². The maximum atomic E-state index is 10.2. The van der Waals surface area contributed by atoms with Gasteiger partial charge in [0, 0.05) is 18.1 Å². The fraction of sp³-hybridized carbons (Fsp3) is 0.375. The highest BCUT2D eigenvalue weighted by Crippen LogP contribution is 2.13. The van der Waals surface area contributed by atoms with E-state index in [9.17, 15) is 4.79 Å². The summed E-state index contributed by atoms with van der Waals surface area (Å²) in [6.45, 7) is 0.166. The van der Waals surface area contributed by atoms with Gasteiger partial charge in [-0.05, 0) is 6.42 Å². The molecule has 0 aliphatic heterocycles. The number of aldehydes is 1. The molecule has 1 unspecified atom stereocenters. The highest BCUT2D eigenvalue weighted by molar-refractivity contribution is 5.77. The molecule has 1 atom stereocenters. The summed E-state index contributed by atoms with van der Waals surface area (Å²) in [5.74, 6) is 0.212. The second-order valence-electron chi connectivity index (χ2n) is 2.36. The van der Waals surface area contributed by atoms with Gasteiger partial charge in [-0.15, -0.1) is 0 Å². The lowest BCUT2D eigenvalue weighted by atomic mass is 9.98. The molecule has 1 N–H and O–H groups in total. The predicted molar refractivity (Wildman–Crippen MR) is 38.5 cm³/mol. The molecule has 0 spiro atoms. The molecule has 0 fully saturated rings. The van der Waals surface area contributed by atoms with Crippen LogP contribution in [0.5, 0.6) is 0 Å². The second kappa shape index (κ2) is 3.32. The lowest BCUT2D eigenvalue weighted by Crippen LogP contribution is -2.04. The van der Waals surface area contributed by atoms with Gasteiger partial charge in [-0.2, -0.15) is 0 Å². The van der Waals surface area contributed by atoms with Crippen LogP contribution in [0.1, 0.15) is 6.42 Å². The number of aliphatic hydroxyl groups excluding tert-OH is 1. The maximum Gasteiger partial charge on any atom is 0.149 e. The minimum absolute atomic E-state index is 0.166. The summed E-state index contributed by atoms with van der Waals surface area (Å²) in [6.07, 6.45) is 7.06. The third-order valence-corrected chi connectivity index (χ3v) is 1.59. The first-order valence-electron chi connectivity index (χ1n) is 3.31. The summed E-state index contributed by atoms with van der Waals surface area (Å²) in [4.78, 5) is 10.2. The van der Waals surface area contributed by atoms with Crippen LogP contribution < -0.4 is 0 Å². The average Bonchev–Trinajstić information content (AvgIpc) is 2.05. The van der Waals surface area contributed by atoms with Crippen molar-refractivity contribution < 1.29 is 9.90 Å². The summed E-state index contributed by atoms with van der Waals surface area (Å²) in [5.41, 5.74) is 0.713. The smallest absolute Gasteiger partial charge is 0.149 e. The van der Waals surface area contributed by atoms with Gasteiger partial charge in [0.15, 0.2) is 0 Å². The topological polar surface area (TPSA) is 37.3 Å². The van der Waals surface area contributed by atoms with E-state index in [2.05, 4.69) is 0 Å². The largest absolute Gasteiger partial charge is 0.396 e. The summed E-state index contributed by atoms with van der Waals surface area (Å²) in [7, 11) is 0. The van der Waals surface area contributed by atoms with Crippen LogP contribution in [0.4, 0.5) is 0 Å². The first-order valence-corrected chi connectivity index (χ1v) is 3.31. The average molecular weight is 138 g/mol. The summed E-state index contributed by atoms with van der Waals surface area (Å²) in [5, 5.41) is 8.68. The Balaban J connectivity index is 2.54. The fourth-order valence-electron chi connectivity index (χ4n) is 0.904. The molecule has 0 saturated heterocycles. The Morgan fingerprint density at radius 2 is 2.60 bits per heavy atom. The van der Waals surface area contributed by atoms with Crippen molar-refractivity contribution in [2.45, 2.75) is 6.42 Å². The van der Waals surface area contributed by atoms with Gasteiger partial charge < -0.3 is 5.11 Å². The van der Waals surface area contributed by atoms with E-state index in [1.165, 1.54) is 0 Å². The number of hydrogen-bond donors (Lipinski definition) is 1. The SMILES string of the molecule is O=CC1=CCC(CO)C=C1. The van der Waals surface area contributed by atoms with E-state index in [4.69, 9.17) is 5.11 Å². The van der Waals surface area contributed by atoms with Crippen LogP contribution >= 0.6 is 0 Å². The Kier molecular flexibility index (Phi) is 2.40. The summed E-state index contributed by atoms with van der Waals surface area (Å²) >= 11 is 0. The molecule has 0 aromatic heterocycles. The molecule has 0 aromatic rings. The number of hydrogen-bond acceptors (Lipinski definition) is 2. The maximum absolute atomic E-state index is 10.2. The molecule has 1 rings (SSSR count). The molecule has 2 nitrogen and oxygen atoms in total. The lowest BCUT2D eigenvalue weighted by Gasteiger charge is -2.09. The van der Waals surface area contributed by atoms with Gasteiger partial charge in [-0.25, -0.2) is 0 Å². The zero-order chi connectivity index (χ0) is 7.40. The molecule has 0 aromatic carbocycles. The number of allylic oxidation sites excluding steroid dienone is 3.